The van der Waals surface area contributed by atoms with Crippen molar-refractivity contribution in [3.8, 4) is 0 Å². The summed E-state index contributed by atoms with van der Waals surface area (Å²) >= 11 is 1.44. The molecule has 10 heavy (non-hydrogen) atoms. The number of benzene rings is 1. The zero-order valence-corrected chi connectivity index (χ0v) is 7.19. The van der Waals surface area contributed by atoms with Crippen molar-refractivity contribution in [3.05, 3.63) is 30.3 Å². The topological polar surface area (TPSA) is 49.9 Å². The largest absolute Gasteiger partial charge is 0.296 e. The van der Waals surface area contributed by atoms with Gasteiger partial charge in [-0.25, -0.2) is 0 Å². The summed E-state index contributed by atoms with van der Waals surface area (Å²) in [5.41, 5.74) is 5.36. The molecular formula is C6H9N2PS. The molecule has 0 aliphatic rings. The fraction of sp³-hybridized carbons (Fsp3) is 0. The van der Waals surface area contributed by atoms with Gasteiger partial charge in [0.1, 0.15) is 0 Å². The smallest absolute Gasteiger partial charge is 0.0688 e. The molecule has 0 aliphatic carbocycles. The summed E-state index contributed by atoms with van der Waals surface area (Å²) in [5.74, 6) is 0. The first-order valence-electron chi connectivity index (χ1n) is 2.86. The molecule has 0 spiro atoms. The monoisotopic (exact) mass is 172 g/mol. The first-order chi connectivity index (χ1) is 4.79. The minimum absolute atomic E-state index is 1.09. The molecule has 0 heterocycles. The van der Waals surface area contributed by atoms with Crippen LogP contribution in [0.5, 0.6) is 0 Å². The number of rotatable bonds is 2. The van der Waals surface area contributed by atoms with E-state index < -0.39 is 7.07 Å². The Morgan fingerprint density at radius 2 is 1.90 bits per heavy atom. The van der Waals surface area contributed by atoms with Crippen LogP contribution in [0.15, 0.2) is 35.2 Å². The highest BCUT2D eigenvalue weighted by Gasteiger charge is 1.89. The summed E-state index contributed by atoms with van der Waals surface area (Å²) in [7, 11) is -1.42. The van der Waals surface area contributed by atoms with E-state index in [-0.39, 0.29) is 0 Å². The summed E-state index contributed by atoms with van der Waals surface area (Å²) in [5, 5.41) is 7.16. The molecular weight excluding hydrogens is 163 g/mol. The average molecular weight is 172 g/mol. The highest BCUT2D eigenvalue weighted by atomic mass is 32.7. The van der Waals surface area contributed by atoms with Crippen molar-refractivity contribution in [1.82, 2.24) is 0 Å². The predicted molar refractivity (Wildman–Crippen MR) is 47.5 cm³/mol. The molecule has 0 amide bonds. The van der Waals surface area contributed by atoms with Crippen LogP contribution >= 0.6 is 18.4 Å². The van der Waals surface area contributed by atoms with Gasteiger partial charge in [-0.3, -0.25) is 10.7 Å². The van der Waals surface area contributed by atoms with E-state index in [9.17, 15) is 0 Å². The fourth-order valence-corrected chi connectivity index (χ4v) is 2.33. The van der Waals surface area contributed by atoms with Crippen molar-refractivity contribution in [2.24, 2.45) is 5.50 Å². The molecule has 1 rings (SSSR count). The van der Waals surface area contributed by atoms with E-state index in [2.05, 4.69) is 0 Å². The van der Waals surface area contributed by atoms with Crippen LogP contribution in [0.1, 0.15) is 0 Å². The fourth-order valence-electron chi connectivity index (χ4n) is 0.616. The minimum atomic E-state index is -1.42. The van der Waals surface area contributed by atoms with E-state index in [1.165, 1.54) is 11.4 Å². The van der Waals surface area contributed by atoms with Gasteiger partial charge in [-0.1, -0.05) is 29.6 Å². The van der Waals surface area contributed by atoms with Gasteiger partial charge in [-0.15, -0.1) is 0 Å². The maximum Gasteiger partial charge on any atom is 0.0688 e. The minimum Gasteiger partial charge on any atom is -0.296 e. The molecule has 54 valence electrons. The molecule has 3 N–H and O–H groups in total. The molecule has 1 aromatic carbocycles. The van der Waals surface area contributed by atoms with Gasteiger partial charge in [-0.2, -0.15) is 0 Å². The van der Waals surface area contributed by atoms with E-state index in [0.717, 1.165) is 4.90 Å². The van der Waals surface area contributed by atoms with E-state index in [1.54, 1.807) is 0 Å². The third-order valence-corrected chi connectivity index (χ3v) is 3.07. The zero-order valence-electron chi connectivity index (χ0n) is 5.37. The summed E-state index contributed by atoms with van der Waals surface area (Å²) in [6.07, 6.45) is 0. The molecule has 4 heteroatoms. The third-order valence-electron chi connectivity index (χ3n) is 0.971. The summed E-state index contributed by atoms with van der Waals surface area (Å²) in [4.78, 5) is 1.09. The molecule has 0 fully saturated rings. The molecule has 0 saturated carbocycles. The van der Waals surface area contributed by atoms with E-state index in [1.807, 2.05) is 30.3 Å². The van der Waals surface area contributed by atoms with Crippen LogP contribution in [-0.4, -0.2) is 0 Å². The SMILES string of the molecule is N=[PH](N)Sc1ccccc1. The van der Waals surface area contributed by atoms with Crippen molar-refractivity contribution in [3.63, 3.8) is 0 Å². The first-order valence-corrected chi connectivity index (χ1v) is 5.98. The predicted octanol–water partition coefficient (Wildman–Crippen LogP) is 2.54. The van der Waals surface area contributed by atoms with E-state index >= 15 is 0 Å². The molecule has 0 aliphatic heterocycles. The normalized spacial score (nSPS) is 12.9. The summed E-state index contributed by atoms with van der Waals surface area (Å²) in [6, 6.07) is 9.80. The molecule has 0 radical (unpaired) electrons. The van der Waals surface area contributed by atoms with Gasteiger partial charge in [0.05, 0.1) is 7.07 Å². The maximum absolute atomic E-state index is 7.16. The Bertz CT molecular complexity index is 224. The molecule has 0 aromatic heterocycles. The van der Waals surface area contributed by atoms with Gasteiger partial charge in [0, 0.05) is 4.90 Å². The Labute approximate surface area is 64.9 Å². The molecule has 2 nitrogen and oxygen atoms in total. The Balaban J connectivity index is 2.67. The summed E-state index contributed by atoms with van der Waals surface area (Å²) in [6.45, 7) is 0. The standard InChI is InChI=1S/C6H9N2PS/c7-9(8)10-6-4-2-1-3-5-6/h1-5,9H,(H3,7,8). The van der Waals surface area contributed by atoms with Crippen LogP contribution in [0, 0.1) is 5.16 Å². The lowest BCUT2D eigenvalue weighted by atomic mass is 10.4. The lowest BCUT2D eigenvalue weighted by Gasteiger charge is -1.96. The van der Waals surface area contributed by atoms with Crippen LogP contribution in [0.2, 0.25) is 0 Å². The number of nitrogens with one attached hydrogen (secondary N) is 1. The van der Waals surface area contributed by atoms with Gasteiger partial charge in [-0.05, 0) is 12.1 Å². The van der Waals surface area contributed by atoms with Crippen LogP contribution in [0.4, 0.5) is 0 Å². The summed E-state index contributed by atoms with van der Waals surface area (Å²) < 4.78 is 0. The number of hydrogen-bond donors (Lipinski definition) is 2. The van der Waals surface area contributed by atoms with Crippen molar-refractivity contribution >= 4 is 18.4 Å². The van der Waals surface area contributed by atoms with Crippen molar-refractivity contribution in [2.45, 2.75) is 4.90 Å². The Morgan fingerprint density at radius 3 is 2.40 bits per heavy atom. The first kappa shape index (κ1) is 7.86. The second-order valence-electron chi connectivity index (χ2n) is 1.78. The van der Waals surface area contributed by atoms with Crippen LogP contribution in [0.3, 0.4) is 0 Å². The highest BCUT2D eigenvalue weighted by molar-refractivity contribution is 8.51. The lowest BCUT2D eigenvalue weighted by molar-refractivity contribution is 1.48. The Hall–Kier alpha value is -0.240. The Morgan fingerprint density at radius 1 is 1.30 bits per heavy atom. The van der Waals surface area contributed by atoms with E-state index in [0.29, 0.717) is 0 Å². The van der Waals surface area contributed by atoms with E-state index in [4.69, 9.17) is 10.7 Å². The second-order valence-corrected chi connectivity index (χ2v) is 5.12. The van der Waals surface area contributed by atoms with Gasteiger partial charge in [0.2, 0.25) is 0 Å². The molecule has 1 aromatic rings. The highest BCUT2D eigenvalue weighted by Crippen LogP contribution is 2.37. The molecule has 0 saturated heterocycles. The average Bonchev–Trinajstić information content (AvgIpc) is 1.88. The molecule has 0 bridgehead atoms. The number of hydrogen-bond acceptors (Lipinski definition) is 2. The molecule has 1 atom stereocenters. The van der Waals surface area contributed by atoms with Crippen molar-refractivity contribution in [1.29, 1.82) is 5.16 Å². The Kier molecular flexibility index (Phi) is 3.00. The molecule has 1 unspecified atom stereocenters. The van der Waals surface area contributed by atoms with Crippen molar-refractivity contribution in [2.75, 3.05) is 0 Å². The van der Waals surface area contributed by atoms with Gasteiger partial charge >= 0.3 is 0 Å². The maximum atomic E-state index is 7.16. The van der Waals surface area contributed by atoms with Crippen LogP contribution in [-0.2, 0) is 0 Å². The van der Waals surface area contributed by atoms with Gasteiger partial charge in [0.15, 0.2) is 0 Å². The lowest BCUT2D eigenvalue weighted by Crippen LogP contribution is -1.71. The third kappa shape index (κ3) is 2.56. The van der Waals surface area contributed by atoms with Gasteiger partial charge < -0.3 is 0 Å². The van der Waals surface area contributed by atoms with Gasteiger partial charge in [0.25, 0.3) is 0 Å². The van der Waals surface area contributed by atoms with Crippen molar-refractivity contribution < 1.29 is 0 Å². The zero-order chi connectivity index (χ0) is 7.40. The number of nitrogens with two attached hydrogens (primary N) is 1. The van der Waals surface area contributed by atoms with Crippen LogP contribution in [0.25, 0.3) is 0 Å². The van der Waals surface area contributed by atoms with Crippen LogP contribution < -0.4 is 5.50 Å². The quantitative estimate of drug-likeness (QED) is 0.673. The second kappa shape index (κ2) is 3.81.